The Morgan fingerprint density at radius 3 is 2.76 bits per heavy atom. The highest BCUT2D eigenvalue weighted by molar-refractivity contribution is 9.09. The maximum atomic E-state index is 5.15. The van der Waals surface area contributed by atoms with Crippen molar-refractivity contribution in [1.29, 1.82) is 0 Å². The van der Waals surface area contributed by atoms with Gasteiger partial charge >= 0.3 is 0 Å². The summed E-state index contributed by atoms with van der Waals surface area (Å²) < 4.78 is 5.15. The minimum atomic E-state index is 0.686. The van der Waals surface area contributed by atoms with Crippen molar-refractivity contribution < 1.29 is 4.74 Å². The largest absolute Gasteiger partial charge is 0.481 e. The molecule has 5 heteroatoms. The highest BCUT2D eigenvalue weighted by Crippen LogP contribution is 2.19. The molecule has 0 spiro atoms. The van der Waals surface area contributed by atoms with Crippen LogP contribution in [0.25, 0.3) is 0 Å². The number of methoxy groups -OCH3 is 1. The predicted molar refractivity (Wildman–Crippen MR) is 73.2 cm³/mol. The first-order valence-electron chi connectivity index (χ1n) is 5.87. The third-order valence-corrected chi connectivity index (χ3v) is 3.42. The van der Waals surface area contributed by atoms with Crippen LogP contribution >= 0.6 is 15.9 Å². The zero-order chi connectivity index (χ0) is 12.1. The van der Waals surface area contributed by atoms with Gasteiger partial charge in [-0.2, -0.15) is 0 Å². The topological polar surface area (TPSA) is 28.6 Å². The van der Waals surface area contributed by atoms with E-state index in [0.29, 0.717) is 5.88 Å². The molecule has 0 atom stereocenters. The van der Waals surface area contributed by atoms with Crippen LogP contribution < -0.4 is 9.64 Å². The Morgan fingerprint density at radius 1 is 1.35 bits per heavy atom. The molecule has 1 saturated heterocycles. The van der Waals surface area contributed by atoms with E-state index in [1.54, 1.807) is 13.3 Å². The summed E-state index contributed by atoms with van der Waals surface area (Å²) in [5, 5.41) is 1.05. The van der Waals surface area contributed by atoms with Crippen molar-refractivity contribution in [1.82, 2.24) is 9.88 Å². The Balaban J connectivity index is 1.95. The molecule has 0 unspecified atom stereocenters. The predicted octanol–water partition coefficient (Wildman–Crippen LogP) is 1.61. The Labute approximate surface area is 111 Å². The molecule has 1 aromatic heterocycles. The summed E-state index contributed by atoms with van der Waals surface area (Å²) in [6.45, 7) is 5.51. The molecule has 0 aliphatic carbocycles. The second kappa shape index (κ2) is 6.21. The van der Waals surface area contributed by atoms with Gasteiger partial charge in [0.05, 0.1) is 7.11 Å². The Kier molecular flexibility index (Phi) is 4.62. The van der Waals surface area contributed by atoms with Gasteiger partial charge in [-0.05, 0) is 6.07 Å². The van der Waals surface area contributed by atoms with Gasteiger partial charge in [-0.1, -0.05) is 15.9 Å². The van der Waals surface area contributed by atoms with Gasteiger partial charge in [-0.25, -0.2) is 4.98 Å². The zero-order valence-electron chi connectivity index (χ0n) is 10.1. The van der Waals surface area contributed by atoms with Gasteiger partial charge in [0.25, 0.3) is 0 Å². The number of pyridine rings is 1. The molecule has 0 radical (unpaired) electrons. The van der Waals surface area contributed by atoms with Gasteiger partial charge in [0.2, 0.25) is 5.88 Å². The fraction of sp³-hybridized carbons (Fsp3) is 0.583. The number of hydrogen-bond acceptors (Lipinski definition) is 4. The molecule has 17 heavy (non-hydrogen) atoms. The molecular weight excluding hydrogens is 282 g/mol. The Morgan fingerprint density at radius 2 is 2.12 bits per heavy atom. The van der Waals surface area contributed by atoms with E-state index >= 15 is 0 Å². The molecule has 1 fully saturated rings. The molecule has 0 saturated carbocycles. The van der Waals surface area contributed by atoms with Crippen molar-refractivity contribution >= 4 is 21.6 Å². The van der Waals surface area contributed by atoms with Gasteiger partial charge in [-0.3, -0.25) is 4.90 Å². The van der Waals surface area contributed by atoms with E-state index in [9.17, 15) is 0 Å². The molecule has 1 aliphatic rings. The standard InChI is InChI=1S/C12H18BrN3O/c1-17-12-10-11(2-4-14-12)16-8-6-15(5-3-13)7-9-16/h2,4,10H,3,5-9H2,1H3. The van der Waals surface area contributed by atoms with Crippen LogP contribution in [0.1, 0.15) is 0 Å². The second-order valence-electron chi connectivity index (χ2n) is 4.07. The van der Waals surface area contributed by atoms with Crippen molar-refractivity contribution in [3.05, 3.63) is 18.3 Å². The van der Waals surface area contributed by atoms with Crippen molar-refractivity contribution in [2.45, 2.75) is 0 Å². The van der Waals surface area contributed by atoms with Gasteiger partial charge in [0.1, 0.15) is 0 Å². The average molecular weight is 300 g/mol. The third-order valence-electron chi connectivity index (χ3n) is 3.07. The molecule has 4 nitrogen and oxygen atoms in total. The number of aromatic nitrogens is 1. The molecule has 94 valence electrons. The van der Waals surface area contributed by atoms with E-state index in [1.807, 2.05) is 12.1 Å². The number of ether oxygens (including phenoxy) is 1. The highest BCUT2D eigenvalue weighted by Gasteiger charge is 2.16. The lowest BCUT2D eigenvalue weighted by Gasteiger charge is -2.35. The smallest absolute Gasteiger partial charge is 0.214 e. The minimum Gasteiger partial charge on any atom is -0.481 e. The van der Waals surface area contributed by atoms with Crippen LogP contribution in [-0.2, 0) is 0 Å². The Bertz CT molecular complexity index is 353. The van der Waals surface area contributed by atoms with Crippen LogP contribution in [0.15, 0.2) is 18.3 Å². The van der Waals surface area contributed by atoms with Crippen LogP contribution in [0.2, 0.25) is 0 Å². The van der Waals surface area contributed by atoms with Gasteiger partial charge in [-0.15, -0.1) is 0 Å². The number of anilines is 1. The van der Waals surface area contributed by atoms with Crippen molar-refractivity contribution in [3.63, 3.8) is 0 Å². The normalized spacial score (nSPS) is 17.2. The number of alkyl halides is 1. The van der Waals surface area contributed by atoms with Crippen LogP contribution in [0, 0.1) is 0 Å². The molecule has 0 N–H and O–H groups in total. The maximum absolute atomic E-state index is 5.15. The second-order valence-corrected chi connectivity index (χ2v) is 4.87. The van der Waals surface area contributed by atoms with E-state index in [1.165, 1.54) is 5.69 Å². The van der Waals surface area contributed by atoms with Crippen LogP contribution in [-0.4, -0.2) is 55.0 Å². The summed E-state index contributed by atoms with van der Waals surface area (Å²) in [6.07, 6.45) is 1.80. The summed E-state index contributed by atoms with van der Waals surface area (Å²) in [7, 11) is 1.65. The van der Waals surface area contributed by atoms with Crippen LogP contribution in [0.4, 0.5) is 5.69 Å². The average Bonchev–Trinajstić information content (AvgIpc) is 2.40. The molecule has 2 heterocycles. The molecule has 2 rings (SSSR count). The first-order valence-corrected chi connectivity index (χ1v) is 6.99. The monoisotopic (exact) mass is 299 g/mol. The van der Waals surface area contributed by atoms with Gasteiger partial charge < -0.3 is 9.64 Å². The number of nitrogens with zero attached hydrogens (tertiary/aromatic N) is 3. The van der Waals surface area contributed by atoms with Crippen molar-refractivity contribution in [2.24, 2.45) is 0 Å². The lowest BCUT2D eigenvalue weighted by molar-refractivity contribution is 0.274. The van der Waals surface area contributed by atoms with E-state index < -0.39 is 0 Å². The van der Waals surface area contributed by atoms with Crippen LogP contribution in [0.3, 0.4) is 0 Å². The van der Waals surface area contributed by atoms with Crippen molar-refractivity contribution in [3.8, 4) is 5.88 Å². The van der Waals surface area contributed by atoms with E-state index in [4.69, 9.17) is 4.74 Å². The van der Waals surface area contributed by atoms with Gasteiger partial charge in [0.15, 0.2) is 0 Å². The number of piperazine rings is 1. The molecule has 0 aromatic carbocycles. The van der Waals surface area contributed by atoms with Crippen molar-refractivity contribution in [2.75, 3.05) is 50.1 Å². The number of halogens is 1. The Hall–Kier alpha value is -0.810. The first kappa shape index (κ1) is 12.6. The fourth-order valence-corrected chi connectivity index (χ4v) is 2.56. The third kappa shape index (κ3) is 3.33. The zero-order valence-corrected chi connectivity index (χ0v) is 11.7. The van der Waals surface area contributed by atoms with E-state index in [2.05, 4.69) is 30.7 Å². The maximum Gasteiger partial charge on any atom is 0.214 e. The SMILES string of the molecule is COc1cc(N2CCN(CCBr)CC2)ccn1. The van der Waals surface area contributed by atoms with E-state index in [0.717, 1.165) is 38.1 Å². The molecule has 1 aromatic rings. The summed E-state index contributed by atoms with van der Waals surface area (Å²) >= 11 is 3.48. The minimum absolute atomic E-state index is 0.686. The summed E-state index contributed by atoms with van der Waals surface area (Å²) in [5.74, 6) is 0.686. The highest BCUT2D eigenvalue weighted by atomic mass is 79.9. The number of hydrogen-bond donors (Lipinski definition) is 0. The molecule has 0 amide bonds. The summed E-state index contributed by atoms with van der Waals surface area (Å²) in [6, 6.07) is 4.04. The first-order chi connectivity index (χ1) is 8.33. The van der Waals surface area contributed by atoms with Gasteiger partial charge in [0, 0.05) is 56.0 Å². The quantitative estimate of drug-likeness (QED) is 0.790. The fourth-order valence-electron chi connectivity index (χ4n) is 2.06. The lowest BCUT2D eigenvalue weighted by atomic mass is 10.2. The van der Waals surface area contributed by atoms with Crippen LogP contribution in [0.5, 0.6) is 5.88 Å². The summed E-state index contributed by atoms with van der Waals surface area (Å²) in [4.78, 5) is 8.99. The number of rotatable bonds is 4. The lowest BCUT2D eigenvalue weighted by Crippen LogP contribution is -2.46. The molecule has 1 aliphatic heterocycles. The molecule has 0 bridgehead atoms. The molecular formula is C12H18BrN3O. The van der Waals surface area contributed by atoms with E-state index in [-0.39, 0.29) is 0 Å². The summed E-state index contributed by atoms with van der Waals surface area (Å²) in [5.41, 5.74) is 1.20.